The highest BCUT2D eigenvalue weighted by molar-refractivity contribution is 6.14. The Bertz CT molecular complexity index is 3680. The molecule has 0 bridgehead atoms. The van der Waals surface area contributed by atoms with Crippen LogP contribution in [-0.4, -0.2) is 4.57 Å². The highest BCUT2D eigenvalue weighted by Crippen LogP contribution is 2.49. The summed E-state index contributed by atoms with van der Waals surface area (Å²) in [4.78, 5) is 2.46. The van der Waals surface area contributed by atoms with Gasteiger partial charge in [0.15, 0.2) is 0 Å². The molecule has 310 valence electrons. The third kappa shape index (κ3) is 6.93. The molecule has 0 aliphatic carbocycles. The molecule has 0 atom stereocenters. The first kappa shape index (κ1) is 38.9. The van der Waals surface area contributed by atoms with Crippen LogP contribution in [0.5, 0.6) is 0 Å². The fourth-order valence-corrected chi connectivity index (χ4v) is 9.95. The molecular formula is C64H44N2. The molecule has 0 saturated heterocycles. The van der Waals surface area contributed by atoms with E-state index in [0.29, 0.717) is 0 Å². The molecular weight excluding hydrogens is 797 g/mol. The second-order valence-corrected chi connectivity index (χ2v) is 16.9. The van der Waals surface area contributed by atoms with E-state index in [-0.39, 0.29) is 0 Å². The molecule has 11 aromatic carbocycles. The summed E-state index contributed by atoms with van der Waals surface area (Å²) in [6.07, 6.45) is 0. The average molecular weight is 841 g/mol. The number of hydrogen-bond donors (Lipinski definition) is 0. The largest absolute Gasteiger partial charge is 0.310 e. The van der Waals surface area contributed by atoms with E-state index in [1.165, 1.54) is 77.1 Å². The number of benzene rings is 11. The van der Waals surface area contributed by atoms with Crippen molar-refractivity contribution in [1.29, 1.82) is 0 Å². The molecule has 12 rings (SSSR count). The van der Waals surface area contributed by atoms with Gasteiger partial charge in [-0.3, -0.25) is 0 Å². The molecule has 66 heavy (non-hydrogen) atoms. The average Bonchev–Trinajstić information content (AvgIpc) is 3.74. The van der Waals surface area contributed by atoms with Crippen LogP contribution in [0.1, 0.15) is 0 Å². The van der Waals surface area contributed by atoms with Gasteiger partial charge in [-0.2, -0.15) is 0 Å². The van der Waals surface area contributed by atoms with E-state index in [9.17, 15) is 0 Å². The SMILES string of the molecule is c1ccc(-c2ccccc2-c2c(-c3ccccc3)cccc2N(c2ccc(-c3ccc4ccccc4c3)cc2)c2cccc(-c3cccc4c5ccccc5n(-c5ccccc5)c34)c2)cc1. The van der Waals surface area contributed by atoms with Gasteiger partial charge in [-0.05, 0) is 110 Å². The summed E-state index contributed by atoms with van der Waals surface area (Å²) in [5, 5.41) is 4.94. The van der Waals surface area contributed by atoms with Crippen molar-refractivity contribution in [2.45, 2.75) is 0 Å². The zero-order valence-electron chi connectivity index (χ0n) is 36.3. The van der Waals surface area contributed by atoms with E-state index in [1.54, 1.807) is 0 Å². The second-order valence-electron chi connectivity index (χ2n) is 16.9. The number of anilines is 3. The third-order valence-corrected chi connectivity index (χ3v) is 13.0. The van der Waals surface area contributed by atoms with E-state index in [1.807, 2.05) is 0 Å². The number of nitrogens with zero attached hydrogens (tertiary/aromatic N) is 2. The molecule has 1 aromatic heterocycles. The van der Waals surface area contributed by atoms with Crippen LogP contribution in [-0.2, 0) is 0 Å². The minimum Gasteiger partial charge on any atom is -0.310 e. The zero-order chi connectivity index (χ0) is 43.8. The highest BCUT2D eigenvalue weighted by Gasteiger charge is 2.24. The highest BCUT2D eigenvalue weighted by atomic mass is 15.1. The quantitative estimate of drug-likeness (QED) is 0.141. The first-order valence-corrected chi connectivity index (χ1v) is 22.7. The van der Waals surface area contributed by atoms with Gasteiger partial charge in [-0.25, -0.2) is 0 Å². The standard InChI is InChI=1S/C64H44N2/c1-4-20-47(21-5-1)55-29-12-13-31-59(55)63-56(48-22-6-2-7-23-48)32-18-36-62(63)65(53-41-39-46(40-42-53)50-38-37-45-19-10-11-24-49(45)43-50)54-28-16-25-51(44-54)57-33-17-34-60-58-30-14-15-35-61(58)66(64(57)60)52-26-8-3-9-27-52/h1-44H. The van der Waals surface area contributed by atoms with Crippen molar-refractivity contribution in [3.05, 3.63) is 267 Å². The molecule has 0 saturated carbocycles. The molecule has 2 heteroatoms. The lowest BCUT2D eigenvalue weighted by molar-refractivity contribution is 1.18. The van der Waals surface area contributed by atoms with Crippen molar-refractivity contribution in [2.24, 2.45) is 0 Å². The lowest BCUT2D eigenvalue weighted by Gasteiger charge is -2.30. The van der Waals surface area contributed by atoms with Crippen molar-refractivity contribution < 1.29 is 0 Å². The summed E-state index contributed by atoms with van der Waals surface area (Å²) >= 11 is 0. The van der Waals surface area contributed by atoms with Crippen molar-refractivity contribution in [3.8, 4) is 61.3 Å². The molecule has 0 amide bonds. The smallest absolute Gasteiger partial charge is 0.0619 e. The predicted molar refractivity (Wildman–Crippen MR) is 280 cm³/mol. The zero-order valence-corrected chi connectivity index (χ0v) is 36.3. The number of rotatable bonds is 9. The molecule has 0 radical (unpaired) electrons. The molecule has 0 spiro atoms. The Morgan fingerprint density at radius 3 is 1.64 bits per heavy atom. The van der Waals surface area contributed by atoms with Gasteiger partial charge in [0.05, 0.1) is 16.7 Å². The van der Waals surface area contributed by atoms with Crippen LogP contribution in [0.2, 0.25) is 0 Å². The molecule has 0 fully saturated rings. The monoisotopic (exact) mass is 840 g/mol. The fraction of sp³-hybridized carbons (Fsp3) is 0. The lowest BCUT2D eigenvalue weighted by Crippen LogP contribution is -2.12. The summed E-state index contributed by atoms with van der Waals surface area (Å²) in [6.45, 7) is 0. The van der Waals surface area contributed by atoms with Gasteiger partial charge < -0.3 is 9.47 Å². The molecule has 0 aliphatic heterocycles. The Hall–Kier alpha value is -8.72. The maximum absolute atomic E-state index is 2.46. The molecule has 2 nitrogen and oxygen atoms in total. The van der Waals surface area contributed by atoms with Crippen LogP contribution in [0.3, 0.4) is 0 Å². The first-order chi connectivity index (χ1) is 32.8. The van der Waals surface area contributed by atoms with Crippen LogP contribution < -0.4 is 4.90 Å². The fourth-order valence-electron chi connectivity index (χ4n) is 9.95. The van der Waals surface area contributed by atoms with Gasteiger partial charge in [-0.1, -0.05) is 212 Å². The Morgan fingerprint density at radius 2 is 0.848 bits per heavy atom. The summed E-state index contributed by atoms with van der Waals surface area (Å²) in [5.41, 5.74) is 18.5. The molecule has 0 unspecified atom stereocenters. The van der Waals surface area contributed by atoms with Crippen molar-refractivity contribution in [1.82, 2.24) is 4.57 Å². The van der Waals surface area contributed by atoms with Gasteiger partial charge in [-0.15, -0.1) is 0 Å². The number of hydrogen-bond acceptors (Lipinski definition) is 1. The molecule has 0 aliphatic rings. The van der Waals surface area contributed by atoms with Crippen LogP contribution in [0, 0.1) is 0 Å². The normalized spacial score (nSPS) is 11.3. The van der Waals surface area contributed by atoms with E-state index in [2.05, 4.69) is 276 Å². The minimum atomic E-state index is 1.06. The topological polar surface area (TPSA) is 8.17 Å². The molecule has 1 heterocycles. The van der Waals surface area contributed by atoms with Crippen molar-refractivity contribution in [3.63, 3.8) is 0 Å². The van der Waals surface area contributed by atoms with Crippen LogP contribution in [0.25, 0.3) is 93.9 Å². The van der Waals surface area contributed by atoms with E-state index < -0.39 is 0 Å². The van der Waals surface area contributed by atoms with Crippen LogP contribution >= 0.6 is 0 Å². The van der Waals surface area contributed by atoms with Gasteiger partial charge >= 0.3 is 0 Å². The van der Waals surface area contributed by atoms with Crippen molar-refractivity contribution in [2.75, 3.05) is 4.90 Å². The first-order valence-electron chi connectivity index (χ1n) is 22.7. The van der Waals surface area contributed by atoms with Gasteiger partial charge in [0, 0.05) is 39.0 Å². The third-order valence-electron chi connectivity index (χ3n) is 13.0. The summed E-state index contributed by atoms with van der Waals surface area (Å²) in [6, 6.07) is 97.0. The number of fused-ring (bicyclic) bond motifs is 4. The van der Waals surface area contributed by atoms with Crippen molar-refractivity contribution >= 4 is 49.6 Å². The van der Waals surface area contributed by atoms with Gasteiger partial charge in [0.2, 0.25) is 0 Å². The Kier molecular flexibility index (Phi) is 9.89. The predicted octanol–water partition coefficient (Wildman–Crippen LogP) is 17.7. The van der Waals surface area contributed by atoms with Gasteiger partial charge in [0.1, 0.15) is 0 Å². The maximum atomic E-state index is 2.46. The maximum Gasteiger partial charge on any atom is 0.0619 e. The minimum absolute atomic E-state index is 1.06. The summed E-state index contributed by atoms with van der Waals surface area (Å²) < 4.78 is 2.43. The summed E-state index contributed by atoms with van der Waals surface area (Å²) in [5.74, 6) is 0. The Morgan fingerprint density at radius 1 is 0.288 bits per heavy atom. The van der Waals surface area contributed by atoms with Crippen LogP contribution in [0.4, 0.5) is 17.1 Å². The summed E-state index contributed by atoms with van der Waals surface area (Å²) in [7, 11) is 0. The van der Waals surface area contributed by atoms with E-state index in [0.717, 1.165) is 33.9 Å². The van der Waals surface area contributed by atoms with Crippen LogP contribution in [0.15, 0.2) is 267 Å². The second kappa shape index (κ2) is 16.8. The Labute approximate surface area is 385 Å². The Balaban J connectivity index is 1.10. The lowest BCUT2D eigenvalue weighted by atomic mass is 9.87. The number of aromatic nitrogens is 1. The van der Waals surface area contributed by atoms with Gasteiger partial charge in [0.25, 0.3) is 0 Å². The van der Waals surface area contributed by atoms with E-state index in [4.69, 9.17) is 0 Å². The number of para-hydroxylation sites is 3. The molecule has 0 N–H and O–H groups in total. The van der Waals surface area contributed by atoms with E-state index >= 15 is 0 Å². The molecule has 12 aromatic rings.